The van der Waals surface area contributed by atoms with Gasteiger partial charge in [-0.1, -0.05) is 20.8 Å². The molecule has 0 spiro atoms. The second kappa shape index (κ2) is 8.88. The summed E-state index contributed by atoms with van der Waals surface area (Å²) in [6.45, 7) is 6.07. The van der Waals surface area contributed by atoms with Gasteiger partial charge in [-0.15, -0.1) is 0 Å². The van der Waals surface area contributed by atoms with E-state index >= 15 is 4.39 Å². The Hall–Kier alpha value is -2.47. The van der Waals surface area contributed by atoms with E-state index in [0.29, 0.717) is 24.9 Å². The number of alkyl halides is 4. The number of halogens is 5. The van der Waals surface area contributed by atoms with Crippen LogP contribution in [0.15, 0.2) is 24.5 Å². The molecule has 2 aromatic heterocycles. The smallest absolute Gasteiger partial charge is 0.267 e. The van der Waals surface area contributed by atoms with Crippen molar-refractivity contribution in [3.05, 3.63) is 41.5 Å². The Kier molecular flexibility index (Phi) is 6.50. The molecule has 1 aliphatic carbocycles. The Labute approximate surface area is 200 Å². The zero-order valence-electron chi connectivity index (χ0n) is 19.7. The molecule has 1 aliphatic rings. The molecule has 0 bridgehead atoms. The Balaban J connectivity index is 1.93. The highest BCUT2D eigenvalue weighted by molar-refractivity contribution is 7.90. The van der Waals surface area contributed by atoms with Crippen LogP contribution in [0.2, 0.25) is 0 Å². The van der Waals surface area contributed by atoms with Crippen molar-refractivity contribution in [2.75, 3.05) is 0 Å². The Bertz CT molecular complexity index is 1350. The van der Waals surface area contributed by atoms with Gasteiger partial charge < -0.3 is 4.57 Å². The highest BCUT2D eigenvalue weighted by atomic mass is 32.2. The number of fused-ring (bicyclic) bond motifs is 1. The van der Waals surface area contributed by atoms with Crippen LogP contribution in [0.25, 0.3) is 22.2 Å². The van der Waals surface area contributed by atoms with E-state index in [2.05, 4.69) is 9.82 Å². The lowest BCUT2D eigenvalue weighted by Gasteiger charge is -2.20. The molecule has 1 atom stereocenters. The molecule has 12 heteroatoms. The summed E-state index contributed by atoms with van der Waals surface area (Å²) in [5.74, 6) is -0.907. The third-order valence-electron chi connectivity index (χ3n) is 5.94. The third kappa shape index (κ3) is 5.09. The van der Waals surface area contributed by atoms with Gasteiger partial charge in [0.05, 0.1) is 22.7 Å². The fourth-order valence-electron chi connectivity index (χ4n) is 4.26. The number of sulfonamides is 1. The van der Waals surface area contributed by atoms with Crippen LogP contribution < -0.4 is 4.72 Å². The predicted molar refractivity (Wildman–Crippen MR) is 122 cm³/mol. The van der Waals surface area contributed by atoms with Gasteiger partial charge in [-0.25, -0.2) is 35.1 Å². The summed E-state index contributed by atoms with van der Waals surface area (Å²) in [6.07, 6.45) is -2.85. The molecule has 1 N–H and O–H groups in total. The first kappa shape index (κ1) is 25.6. The second-order valence-corrected chi connectivity index (χ2v) is 12.2. The van der Waals surface area contributed by atoms with Crippen LogP contribution >= 0.6 is 0 Å². The minimum absolute atomic E-state index is 0.0759. The van der Waals surface area contributed by atoms with Crippen molar-refractivity contribution >= 4 is 20.9 Å². The minimum Gasteiger partial charge on any atom is -0.347 e. The fraction of sp³-hybridized carbons (Fsp3) is 0.522. The van der Waals surface area contributed by atoms with Crippen LogP contribution in [0.1, 0.15) is 57.2 Å². The standard InChI is InChI=1S/C23H27F5N4O2S/c1-23(2,3)11-32-10-16(19(22(27)28)30-35(33,34)12-5-6-12)13-7-17(24)14(8-18(13)32)20-15(21(25)26)9-29-31(20)4/h7-10,12,19,21-22,30H,5-6,11H2,1-4H3. The van der Waals surface area contributed by atoms with Gasteiger partial charge in [0.25, 0.3) is 12.9 Å². The van der Waals surface area contributed by atoms with E-state index in [1.807, 2.05) is 20.8 Å². The van der Waals surface area contributed by atoms with Crippen molar-refractivity contribution in [2.24, 2.45) is 12.5 Å². The van der Waals surface area contributed by atoms with E-state index in [1.54, 1.807) is 4.57 Å². The fourth-order valence-corrected chi connectivity index (χ4v) is 5.79. The van der Waals surface area contributed by atoms with Gasteiger partial charge in [-0.3, -0.25) is 4.68 Å². The Morgan fingerprint density at radius 2 is 1.80 bits per heavy atom. The van der Waals surface area contributed by atoms with Crippen LogP contribution in [-0.2, 0) is 23.6 Å². The van der Waals surface area contributed by atoms with Crippen LogP contribution in [0.4, 0.5) is 22.0 Å². The number of nitrogens with zero attached hydrogens (tertiary/aromatic N) is 3. The third-order valence-corrected chi connectivity index (χ3v) is 7.88. The van der Waals surface area contributed by atoms with Gasteiger partial charge in [0.15, 0.2) is 0 Å². The number of benzene rings is 1. The van der Waals surface area contributed by atoms with Crippen molar-refractivity contribution in [1.82, 2.24) is 19.1 Å². The van der Waals surface area contributed by atoms with Crippen molar-refractivity contribution in [1.29, 1.82) is 0 Å². The first-order valence-corrected chi connectivity index (χ1v) is 12.7. The van der Waals surface area contributed by atoms with Gasteiger partial charge in [0, 0.05) is 41.8 Å². The molecule has 192 valence electrons. The van der Waals surface area contributed by atoms with Crippen LogP contribution in [0.5, 0.6) is 0 Å². The van der Waals surface area contributed by atoms with Crippen molar-refractivity contribution in [3.63, 3.8) is 0 Å². The molecule has 1 fully saturated rings. The summed E-state index contributed by atoms with van der Waals surface area (Å²) in [5.41, 5.74) is -0.810. The molecule has 3 aromatic rings. The normalized spacial score (nSPS) is 16.1. The number of hydrogen-bond donors (Lipinski definition) is 1. The van der Waals surface area contributed by atoms with Crippen molar-refractivity contribution in [3.8, 4) is 11.3 Å². The number of nitrogens with one attached hydrogen (secondary N) is 1. The molecule has 0 amide bonds. The molecule has 2 heterocycles. The molecule has 4 rings (SSSR count). The summed E-state index contributed by atoms with van der Waals surface area (Å²) in [7, 11) is -2.57. The quantitative estimate of drug-likeness (QED) is 0.398. The van der Waals surface area contributed by atoms with Gasteiger partial charge in [0.2, 0.25) is 10.0 Å². The van der Waals surface area contributed by atoms with Gasteiger partial charge >= 0.3 is 0 Å². The predicted octanol–water partition coefficient (Wildman–Crippen LogP) is 5.55. The van der Waals surface area contributed by atoms with Crippen LogP contribution in [-0.4, -0.2) is 34.4 Å². The van der Waals surface area contributed by atoms with Gasteiger partial charge in [-0.05, 0) is 30.4 Å². The summed E-state index contributed by atoms with van der Waals surface area (Å²) in [4.78, 5) is 0. The maximum atomic E-state index is 15.4. The first-order chi connectivity index (χ1) is 16.2. The Morgan fingerprint density at radius 1 is 1.14 bits per heavy atom. The molecule has 0 radical (unpaired) electrons. The average Bonchev–Trinajstić information content (AvgIpc) is 3.45. The zero-order valence-corrected chi connectivity index (χ0v) is 20.5. The van der Waals surface area contributed by atoms with E-state index in [4.69, 9.17) is 0 Å². The van der Waals surface area contributed by atoms with E-state index < -0.39 is 45.5 Å². The SMILES string of the molecule is Cn1ncc(C(F)F)c1-c1cc2c(cc1F)c(C(NS(=O)(=O)C1CC1)C(F)F)cn2CC(C)(C)C. The molecule has 0 aliphatic heterocycles. The lowest BCUT2D eigenvalue weighted by molar-refractivity contribution is 0.109. The first-order valence-electron chi connectivity index (χ1n) is 11.1. The minimum atomic E-state index is -3.98. The highest BCUT2D eigenvalue weighted by Crippen LogP contribution is 2.39. The van der Waals surface area contributed by atoms with E-state index in [1.165, 1.54) is 19.3 Å². The van der Waals surface area contributed by atoms with Gasteiger partial charge in [-0.2, -0.15) is 5.10 Å². The van der Waals surface area contributed by atoms with Gasteiger partial charge in [0.1, 0.15) is 11.9 Å². The topological polar surface area (TPSA) is 68.9 Å². The summed E-state index contributed by atoms with van der Waals surface area (Å²) in [6, 6.07) is 0.450. The maximum absolute atomic E-state index is 15.4. The molecule has 1 unspecified atom stereocenters. The zero-order chi connectivity index (χ0) is 25.9. The summed E-state index contributed by atoms with van der Waals surface area (Å²) in [5, 5.41) is 3.19. The lowest BCUT2D eigenvalue weighted by Crippen LogP contribution is -2.35. The molecule has 1 aromatic carbocycles. The number of rotatable bonds is 8. The van der Waals surface area contributed by atoms with E-state index in [9.17, 15) is 26.0 Å². The van der Waals surface area contributed by atoms with E-state index in [0.717, 1.165) is 16.9 Å². The average molecular weight is 519 g/mol. The van der Waals surface area contributed by atoms with Crippen LogP contribution in [0.3, 0.4) is 0 Å². The number of aromatic nitrogens is 3. The molecule has 0 saturated heterocycles. The monoisotopic (exact) mass is 518 g/mol. The Morgan fingerprint density at radius 3 is 2.34 bits per heavy atom. The molecule has 1 saturated carbocycles. The largest absolute Gasteiger partial charge is 0.347 e. The number of hydrogen-bond acceptors (Lipinski definition) is 3. The molecule has 6 nitrogen and oxygen atoms in total. The van der Waals surface area contributed by atoms with Crippen molar-refractivity contribution < 1.29 is 30.4 Å². The summed E-state index contributed by atoms with van der Waals surface area (Å²) < 4.78 is 101. The van der Waals surface area contributed by atoms with Crippen molar-refractivity contribution in [2.45, 2.75) is 64.3 Å². The summed E-state index contributed by atoms with van der Waals surface area (Å²) >= 11 is 0. The van der Waals surface area contributed by atoms with E-state index in [-0.39, 0.29) is 27.6 Å². The molecule has 35 heavy (non-hydrogen) atoms. The lowest BCUT2D eigenvalue weighted by atomic mass is 9.97. The maximum Gasteiger partial charge on any atom is 0.267 e. The molecular weight excluding hydrogens is 491 g/mol. The second-order valence-electron chi connectivity index (χ2n) is 10.2. The van der Waals surface area contributed by atoms with Crippen LogP contribution in [0, 0.1) is 11.2 Å². The molecular formula is C23H27F5N4O2S. The number of aryl methyl sites for hydroxylation is 1. The highest BCUT2D eigenvalue weighted by Gasteiger charge is 2.40.